The van der Waals surface area contributed by atoms with Gasteiger partial charge < -0.3 is 5.11 Å². The van der Waals surface area contributed by atoms with Gasteiger partial charge in [-0.2, -0.15) is 0 Å². The second-order valence-corrected chi connectivity index (χ2v) is 5.71. The highest BCUT2D eigenvalue weighted by atomic mass is 35.5. The molecule has 1 aliphatic rings. The van der Waals surface area contributed by atoms with Crippen molar-refractivity contribution in [3.63, 3.8) is 0 Å². The zero-order valence-electron chi connectivity index (χ0n) is 8.53. The lowest BCUT2D eigenvalue weighted by atomic mass is 9.97. The molecule has 1 aromatic carbocycles. The molecule has 1 nitrogen and oxygen atoms in total. The third kappa shape index (κ3) is 3.13. The number of aliphatic hydroxyl groups is 1. The molecule has 15 heavy (non-hydrogen) atoms. The maximum atomic E-state index is 9.84. The molecule has 0 amide bonds. The quantitative estimate of drug-likeness (QED) is 0.853. The summed E-state index contributed by atoms with van der Waals surface area (Å²) in [7, 11) is 0. The molecule has 0 aliphatic heterocycles. The highest BCUT2D eigenvalue weighted by molar-refractivity contribution is 8.00. The lowest BCUT2D eigenvalue weighted by molar-refractivity contribution is 0.137. The summed E-state index contributed by atoms with van der Waals surface area (Å²) in [6.45, 7) is 0. The van der Waals surface area contributed by atoms with Gasteiger partial charge in [-0.25, -0.2) is 0 Å². The molecular formula is C12H15ClOS. The molecule has 0 aromatic heterocycles. The molecule has 0 spiro atoms. The van der Waals surface area contributed by atoms with Gasteiger partial charge in [0, 0.05) is 15.2 Å². The Balaban J connectivity index is 1.98. The molecule has 0 heterocycles. The van der Waals surface area contributed by atoms with Crippen molar-refractivity contribution in [1.29, 1.82) is 0 Å². The molecule has 0 radical (unpaired) electrons. The molecule has 1 saturated carbocycles. The number of aliphatic hydroxyl groups excluding tert-OH is 1. The van der Waals surface area contributed by atoms with Crippen LogP contribution in [0.4, 0.5) is 0 Å². The molecule has 2 atom stereocenters. The molecule has 2 rings (SSSR count). The van der Waals surface area contributed by atoms with Crippen LogP contribution >= 0.6 is 23.4 Å². The van der Waals surface area contributed by atoms with E-state index >= 15 is 0 Å². The van der Waals surface area contributed by atoms with Gasteiger partial charge in [0.2, 0.25) is 0 Å². The molecule has 3 heteroatoms. The standard InChI is InChI=1S/C12H15ClOS/c13-9-5-7-10(8-6-9)15-12-4-2-1-3-11(12)14/h5-8,11-12,14H,1-4H2/t11-,12-/m0/s1. The minimum absolute atomic E-state index is 0.139. The summed E-state index contributed by atoms with van der Waals surface area (Å²) in [5, 5.41) is 11.0. The fourth-order valence-electron chi connectivity index (χ4n) is 1.90. The van der Waals surface area contributed by atoms with Crippen LogP contribution in [0.5, 0.6) is 0 Å². The van der Waals surface area contributed by atoms with E-state index in [1.807, 2.05) is 24.3 Å². The van der Waals surface area contributed by atoms with Crippen LogP contribution in [0.3, 0.4) is 0 Å². The van der Waals surface area contributed by atoms with Gasteiger partial charge >= 0.3 is 0 Å². The van der Waals surface area contributed by atoms with Gasteiger partial charge in [0.05, 0.1) is 6.10 Å². The van der Waals surface area contributed by atoms with Crippen LogP contribution in [0, 0.1) is 0 Å². The lowest BCUT2D eigenvalue weighted by Gasteiger charge is -2.26. The fraction of sp³-hybridized carbons (Fsp3) is 0.500. The monoisotopic (exact) mass is 242 g/mol. The average molecular weight is 243 g/mol. The predicted octanol–water partition coefficient (Wildman–Crippen LogP) is 3.74. The van der Waals surface area contributed by atoms with Crippen molar-refractivity contribution >= 4 is 23.4 Å². The second kappa shape index (κ2) is 5.24. The minimum Gasteiger partial charge on any atom is -0.392 e. The smallest absolute Gasteiger partial charge is 0.0662 e. The van der Waals surface area contributed by atoms with Gasteiger partial charge in [0.25, 0.3) is 0 Å². The van der Waals surface area contributed by atoms with Crippen LogP contribution in [0.25, 0.3) is 0 Å². The number of benzene rings is 1. The Hall–Kier alpha value is -0.180. The molecule has 0 saturated heterocycles. The normalized spacial score (nSPS) is 26.5. The minimum atomic E-state index is -0.139. The first-order valence-electron chi connectivity index (χ1n) is 5.36. The maximum absolute atomic E-state index is 9.84. The van der Waals surface area contributed by atoms with Crippen LogP contribution in [-0.2, 0) is 0 Å². The SMILES string of the molecule is O[C@H]1CCCC[C@@H]1Sc1ccc(Cl)cc1. The topological polar surface area (TPSA) is 20.2 Å². The van der Waals surface area contributed by atoms with Crippen LogP contribution in [0.1, 0.15) is 25.7 Å². The zero-order chi connectivity index (χ0) is 10.7. The van der Waals surface area contributed by atoms with E-state index in [4.69, 9.17) is 11.6 Å². The number of thioether (sulfide) groups is 1. The van der Waals surface area contributed by atoms with E-state index in [1.165, 1.54) is 17.7 Å². The summed E-state index contributed by atoms with van der Waals surface area (Å²) in [6, 6.07) is 7.85. The highest BCUT2D eigenvalue weighted by Crippen LogP contribution is 2.34. The van der Waals surface area contributed by atoms with Crippen molar-refractivity contribution in [2.45, 2.75) is 41.9 Å². The van der Waals surface area contributed by atoms with Crippen molar-refractivity contribution in [2.75, 3.05) is 0 Å². The number of rotatable bonds is 2. The first-order chi connectivity index (χ1) is 7.25. The average Bonchev–Trinajstić information content (AvgIpc) is 2.25. The van der Waals surface area contributed by atoms with E-state index in [0.29, 0.717) is 5.25 Å². The Bertz CT molecular complexity index is 312. The van der Waals surface area contributed by atoms with Gasteiger partial charge in [-0.15, -0.1) is 11.8 Å². The van der Waals surface area contributed by atoms with Crippen LogP contribution < -0.4 is 0 Å². The molecule has 0 unspecified atom stereocenters. The first-order valence-corrected chi connectivity index (χ1v) is 6.62. The van der Waals surface area contributed by atoms with Crippen molar-refractivity contribution in [2.24, 2.45) is 0 Å². The van der Waals surface area contributed by atoms with E-state index in [9.17, 15) is 5.11 Å². The Morgan fingerprint density at radius 1 is 1.13 bits per heavy atom. The summed E-state index contributed by atoms with van der Waals surface area (Å²) in [4.78, 5) is 1.20. The maximum Gasteiger partial charge on any atom is 0.0662 e. The van der Waals surface area contributed by atoms with E-state index in [2.05, 4.69) is 0 Å². The third-order valence-corrected chi connectivity index (χ3v) is 4.42. The molecule has 1 fully saturated rings. The van der Waals surface area contributed by atoms with E-state index in [-0.39, 0.29) is 6.10 Å². The van der Waals surface area contributed by atoms with E-state index in [1.54, 1.807) is 11.8 Å². The molecule has 1 aliphatic carbocycles. The number of hydrogen-bond acceptors (Lipinski definition) is 2. The molecule has 1 aromatic rings. The Morgan fingerprint density at radius 3 is 2.47 bits per heavy atom. The van der Waals surface area contributed by atoms with Gasteiger partial charge in [0.1, 0.15) is 0 Å². The van der Waals surface area contributed by atoms with Crippen molar-refractivity contribution in [3.05, 3.63) is 29.3 Å². The van der Waals surface area contributed by atoms with Crippen LogP contribution in [0.15, 0.2) is 29.2 Å². The van der Waals surface area contributed by atoms with Gasteiger partial charge in [-0.05, 0) is 37.1 Å². The summed E-state index contributed by atoms with van der Waals surface area (Å²) in [5.74, 6) is 0. The van der Waals surface area contributed by atoms with Crippen LogP contribution in [-0.4, -0.2) is 16.5 Å². The summed E-state index contributed by atoms with van der Waals surface area (Å²) in [5.41, 5.74) is 0. The Labute approximate surface area is 99.8 Å². The molecular weight excluding hydrogens is 228 g/mol. The van der Waals surface area contributed by atoms with Crippen molar-refractivity contribution in [3.8, 4) is 0 Å². The summed E-state index contributed by atoms with van der Waals surface area (Å²) >= 11 is 7.60. The van der Waals surface area contributed by atoms with Gasteiger partial charge in [-0.3, -0.25) is 0 Å². The first kappa shape index (κ1) is 11.3. The molecule has 82 valence electrons. The number of halogens is 1. The largest absolute Gasteiger partial charge is 0.392 e. The lowest BCUT2D eigenvalue weighted by Crippen LogP contribution is -2.26. The fourth-order valence-corrected chi connectivity index (χ4v) is 3.25. The Morgan fingerprint density at radius 2 is 1.80 bits per heavy atom. The van der Waals surface area contributed by atoms with Gasteiger partial charge in [-0.1, -0.05) is 24.4 Å². The summed E-state index contributed by atoms with van der Waals surface area (Å²) in [6.07, 6.45) is 4.33. The predicted molar refractivity (Wildman–Crippen MR) is 65.6 cm³/mol. The number of hydrogen-bond donors (Lipinski definition) is 1. The third-order valence-electron chi connectivity index (χ3n) is 2.77. The second-order valence-electron chi connectivity index (χ2n) is 3.96. The van der Waals surface area contributed by atoms with Crippen molar-refractivity contribution < 1.29 is 5.11 Å². The van der Waals surface area contributed by atoms with Gasteiger partial charge in [0.15, 0.2) is 0 Å². The molecule has 0 bridgehead atoms. The highest BCUT2D eigenvalue weighted by Gasteiger charge is 2.23. The zero-order valence-corrected chi connectivity index (χ0v) is 10.1. The Kier molecular flexibility index (Phi) is 3.95. The molecule has 1 N–H and O–H groups in total. The van der Waals surface area contributed by atoms with E-state index < -0.39 is 0 Å². The van der Waals surface area contributed by atoms with Crippen LogP contribution in [0.2, 0.25) is 5.02 Å². The van der Waals surface area contributed by atoms with Crippen molar-refractivity contribution in [1.82, 2.24) is 0 Å². The summed E-state index contributed by atoms with van der Waals surface area (Å²) < 4.78 is 0. The van der Waals surface area contributed by atoms with E-state index in [0.717, 1.165) is 17.9 Å².